The van der Waals surface area contributed by atoms with Gasteiger partial charge >= 0.3 is 0 Å². The molecule has 3 rings (SSSR count). The summed E-state index contributed by atoms with van der Waals surface area (Å²) in [7, 11) is 0. The number of benzene rings is 1. The Morgan fingerprint density at radius 2 is 2.20 bits per heavy atom. The second-order valence-electron chi connectivity index (χ2n) is 4.60. The fourth-order valence-electron chi connectivity index (χ4n) is 2.04. The van der Waals surface area contributed by atoms with Gasteiger partial charge in [0.2, 0.25) is 0 Å². The van der Waals surface area contributed by atoms with E-state index < -0.39 is 0 Å². The molecule has 20 heavy (non-hydrogen) atoms. The van der Waals surface area contributed by atoms with Gasteiger partial charge in [0.15, 0.2) is 0 Å². The van der Waals surface area contributed by atoms with Gasteiger partial charge in [-0.15, -0.1) is 0 Å². The van der Waals surface area contributed by atoms with E-state index in [4.69, 9.17) is 0 Å². The monoisotopic (exact) mass is 266 g/mol. The first-order valence-corrected chi connectivity index (χ1v) is 6.36. The van der Waals surface area contributed by atoms with Crippen molar-refractivity contribution < 1.29 is 4.79 Å². The fourth-order valence-corrected chi connectivity index (χ4v) is 2.04. The van der Waals surface area contributed by atoms with Crippen LogP contribution in [-0.2, 0) is 6.54 Å². The van der Waals surface area contributed by atoms with E-state index in [1.807, 2.05) is 37.3 Å². The van der Waals surface area contributed by atoms with Gasteiger partial charge in [-0.25, -0.2) is 9.97 Å². The number of nitrogens with one attached hydrogen (secondary N) is 2. The van der Waals surface area contributed by atoms with Crippen molar-refractivity contribution in [3.63, 3.8) is 0 Å². The number of rotatable bonds is 3. The number of nitrogens with zero attached hydrogens (tertiary/aromatic N) is 2. The van der Waals surface area contributed by atoms with E-state index in [1.165, 1.54) is 0 Å². The molecule has 0 aliphatic heterocycles. The van der Waals surface area contributed by atoms with E-state index in [9.17, 15) is 4.79 Å². The van der Waals surface area contributed by atoms with Crippen LogP contribution in [0, 0.1) is 6.92 Å². The molecule has 0 radical (unpaired) electrons. The highest BCUT2D eigenvalue weighted by molar-refractivity contribution is 5.92. The zero-order valence-electron chi connectivity index (χ0n) is 11.1. The number of carbonyl (C=O) groups is 1. The molecule has 0 aliphatic carbocycles. The molecule has 5 heteroatoms. The van der Waals surface area contributed by atoms with Gasteiger partial charge in [0.25, 0.3) is 5.91 Å². The average molecular weight is 266 g/mol. The number of pyridine rings is 1. The molecule has 0 spiro atoms. The van der Waals surface area contributed by atoms with Gasteiger partial charge in [0.1, 0.15) is 5.69 Å². The number of aromatic nitrogens is 3. The smallest absolute Gasteiger partial charge is 0.270 e. The second kappa shape index (κ2) is 5.13. The van der Waals surface area contributed by atoms with E-state index in [0.717, 1.165) is 22.3 Å². The molecule has 0 atom stereocenters. The molecule has 2 N–H and O–H groups in total. The van der Waals surface area contributed by atoms with Crippen LogP contribution in [0.5, 0.6) is 0 Å². The van der Waals surface area contributed by atoms with Crippen molar-refractivity contribution in [2.45, 2.75) is 13.5 Å². The summed E-state index contributed by atoms with van der Waals surface area (Å²) >= 11 is 0. The minimum atomic E-state index is -0.168. The van der Waals surface area contributed by atoms with E-state index in [2.05, 4.69) is 20.3 Å². The first-order valence-electron chi connectivity index (χ1n) is 6.36. The van der Waals surface area contributed by atoms with Crippen molar-refractivity contribution in [3.8, 4) is 0 Å². The van der Waals surface area contributed by atoms with Crippen molar-refractivity contribution >= 4 is 16.9 Å². The van der Waals surface area contributed by atoms with Crippen LogP contribution in [0.25, 0.3) is 11.0 Å². The number of aryl methyl sites for hydroxylation is 1. The van der Waals surface area contributed by atoms with Crippen LogP contribution in [0.3, 0.4) is 0 Å². The molecule has 0 bridgehead atoms. The normalized spacial score (nSPS) is 10.7. The van der Waals surface area contributed by atoms with Crippen LogP contribution in [0.2, 0.25) is 0 Å². The Kier molecular flexibility index (Phi) is 3.16. The van der Waals surface area contributed by atoms with Crippen LogP contribution < -0.4 is 5.32 Å². The van der Waals surface area contributed by atoms with E-state index in [-0.39, 0.29) is 5.91 Å². The quantitative estimate of drug-likeness (QED) is 0.763. The van der Waals surface area contributed by atoms with Crippen LogP contribution in [0.1, 0.15) is 21.7 Å². The van der Waals surface area contributed by atoms with Crippen molar-refractivity contribution in [1.29, 1.82) is 0 Å². The Morgan fingerprint density at radius 3 is 3.05 bits per heavy atom. The summed E-state index contributed by atoms with van der Waals surface area (Å²) in [6, 6.07) is 11.3. The highest BCUT2D eigenvalue weighted by Crippen LogP contribution is 2.11. The Labute approximate surface area is 116 Å². The van der Waals surface area contributed by atoms with Crippen LogP contribution >= 0.6 is 0 Å². The van der Waals surface area contributed by atoms with Gasteiger partial charge in [0.05, 0.1) is 17.4 Å². The summed E-state index contributed by atoms with van der Waals surface area (Å²) in [5, 5.41) is 2.86. The Balaban J connectivity index is 1.71. The standard InChI is InChI=1S/C15H14N4O/c1-10-3-2-4-13(19-10)15(20)16-8-11-5-6-12-14(7-11)18-9-17-12/h2-7,9H,8H2,1H3,(H,16,20)(H,17,18). The molecule has 100 valence electrons. The number of carbonyl (C=O) groups excluding carboxylic acids is 1. The maximum Gasteiger partial charge on any atom is 0.270 e. The lowest BCUT2D eigenvalue weighted by atomic mass is 10.2. The van der Waals surface area contributed by atoms with Gasteiger partial charge < -0.3 is 10.3 Å². The molecule has 0 fully saturated rings. The summed E-state index contributed by atoms with van der Waals surface area (Å²) in [4.78, 5) is 23.4. The molecule has 2 aromatic heterocycles. The third-order valence-corrected chi connectivity index (χ3v) is 3.06. The highest BCUT2D eigenvalue weighted by atomic mass is 16.1. The number of hydrogen-bond acceptors (Lipinski definition) is 3. The molecule has 2 heterocycles. The molecule has 3 aromatic rings. The molecule has 5 nitrogen and oxygen atoms in total. The van der Waals surface area contributed by atoms with Gasteiger partial charge in [-0.3, -0.25) is 4.79 Å². The molecule has 0 unspecified atom stereocenters. The van der Waals surface area contributed by atoms with Gasteiger partial charge in [-0.05, 0) is 36.8 Å². The number of fused-ring (bicyclic) bond motifs is 1. The van der Waals surface area contributed by atoms with Crippen LogP contribution in [0.15, 0.2) is 42.7 Å². The SMILES string of the molecule is Cc1cccc(C(=O)NCc2ccc3nc[nH]c3c2)n1. The molecular weight excluding hydrogens is 252 g/mol. The number of H-pyrrole nitrogens is 1. The lowest BCUT2D eigenvalue weighted by Gasteiger charge is -2.05. The minimum Gasteiger partial charge on any atom is -0.347 e. The maximum absolute atomic E-state index is 12.0. The molecule has 0 saturated carbocycles. The zero-order chi connectivity index (χ0) is 13.9. The number of amides is 1. The number of hydrogen-bond donors (Lipinski definition) is 2. The summed E-state index contributed by atoms with van der Waals surface area (Å²) in [6.45, 7) is 2.33. The largest absolute Gasteiger partial charge is 0.347 e. The molecule has 0 aliphatic rings. The van der Waals surface area contributed by atoms with E-state index >= 15 is 0 Å². The number of imidazole rings is 1. The summed E-state index contributed by atoms with van der Waals surface area (Å²) in [5.41, 5.74) is 4.16. The third-order valence-electron chi connectivity index (χ3n) is 3.06. The summed E-state index contributed by atoms with van der Waals surface area (Å²) in [5.74, 6) is -0.168. The van der Waals surface area contributed by atoms with E-state index in [0.29, 0.717) is 12.2 Å². The van der Waals surface area contributed by atoms with Gasteiger partial charge in [0, 0.05) is 12.2 Å². The predicted molar refractivity (Wildman–Crippen MR) is 76.2 cm³/mol. The predicted octanol–water partition coefficient (Wildman–Crippen LogP) is 2.20. The minimum absolute atomic E-state index is 0.168. The topological polar surface area (TPSA) is 70.7 Å². The number of aromatic amines is 1. The highest BCUT2D eigenvalue weighted by Gasteiger charge is 2.07. The molecular formula is C15H14N4O. The molecule has 1 aromatic carbocycles. The average Bonchev–Trinajstić information content (AvgIpc) is 2.92. The van der Waals surface area contributed by atoms with Gasteiger partial charge in [-0.1, -0.05) is 12.1 Å². The first kappa shape index (κ1) is 12.3. The second-order valence-corrected chi connectivity index (χ2v) is 4.60. The van der Waals surface area contributed by atoms with Gasteiger partial charge in [-0.2, -0.15) is 0 Å². The lowest BCUT2D eigenvalue weighted by molar-refractivity contribution is 0.0945. The van der Waals surface area contributed by atoms with Crippen molar-refractivity contribution in [3.05, 3.63) is 59.7 Å². The Bertz CT molecular complexity index is 763. The Hall–Kier alpha value is -2.69. The fraction of sp³-hybridized carbons (Fsp3) is 0.133. The summed E-state index contributed by atoms with van der Waals surface area (Å²) < 4.78 is 0. The van der Waals surface area contributed by atoms with Crippen molar-refractivity contribution in [1.82, 2.24) is 20.3 Å². The molecule has 0 saturated heterocycles. The van der Waals surface area contributed by atoms with Crippen molar-refractivity contribution in [2.24, 2.45) is 0 Å². The first-order chi connectivity index (χ1) is 9.72. The van der Waals surface area contributed by atoms with E-state index in [1.54, 1.807) is 12.4 Å². The maximum atomic E-state index is 12.0. The zero-order valence-corrected chi connectivity index (χ0v) is 11.1. The third kappa shape index (κ3) is 2.51. The van der Waals surface area contributed by atoms with Crippen molar-refractivity contribution in [2.75, 3.05) is 0 Å². The lowest BCUT2D eigenvalue weighted by Crippen LogP contribution is -2.23. The molecule has 1 amide bonds. The summed E-state index contributed by atoms with van der Waals surface area (Å²) in [6.07, 6.45) is 1.66. The Morgan fingerprint density at radius 1 is 1.30 bits per heavy atom. The van der Waals surface area contributed by atoms with Crippen LogP contribution in [-0.4, -0.2) is 20.9 Å². The van der Waals surface area contributed by atoms with Crippen LogP contribution in [0.4, 0.5) is 0 Å².